The highest BCUT2D eigenvalue weighted by Gasteiger charge is 2.42. The van der Waals surface area contributed by atoms with Gasteiger partial charge in [0.2, 0.25) is 0 Å². The monoisotopic (exact) mass is 355 g/mol. The molecule has 1 saturated heterocycles. The molecule has 3 atom stereocenters. The zero-order chi connectivity index (χ0) is 18.5. The maximum atomic E-state index is 12.5. The second kappa shape index (κ2) is 6.13. The molecule has 6 nitrogen and oxygen atoms in total. The second-order valence-electron chi connectivity index (χ2n) is 8.16. The standard InChI is InChI=1S/C20H25N3O3/c1-20(2,3)26-19(25)22-9-8-17(24)15(11-22)18-14-7-5-4-6-13(14)16-10-21-12-23(16)18/h4-7,10,12,15,17-18,24H,8-9,11H2,1-3H3/t15-,17-,18-/m0/s1. The van der Waals surface area contributed by atoms with Gasteiger partial charge in [-0.3, -0.25) is 0 Å². The van der Waals surface area contributed by atoms with E-state index in [0.717, 1.165) is 11.3 Å². The third kappa shape index (κ3) is 2.88. The summed E-state index contributed by atoms with van der Waals surface area (Å²) in [5.74, 6) is -0.104. The first-order valence-electron chi connectivity index (χ1n) is 9.12. The van der Waals surface area contributed by atoms with Crippen molar-refractivity contribution in [2.45, 2.75) is 44.9 Å². The lowest BCUT2D eigenvalue weighted by Crippen LogP contribution is -2.49. The first kappa shape index (κ1) is 17.1. The van der Waals surface area contributed by atoms with E-state index in [2.05, 4.69) is 21.7 Å². The normalized spacial score (nSPS) is 24.9. The first-order chi connectivity index (χ1) is 12.3. The number of carbonyl (C=O) groups excluding carboxylic acids is 1. The fourth-order valence-corrected chi connectivity index (χ4v) is 4.08. The molecule has 0 unspecified atom stereocenters. The van der Waals surface area contributed by atoms with Gasteiger partial charge in [0.25, 0.3) is 0 Å². The molecule has 0 spiro atoms. The molecule has 0 bridgehead atoms. The van der Waals surface area contributed by atoms with Gasteiger partial charge in [0.05, 0.1) is 30.4 Å². The summed E-state index contributed by atoms with van der Waals surface area (Å²) < 4.78 is 7.66. The van der Waals surface area contributed by atoms with Crippen LogP contribution in [-0.4, -0.2) is 50.4 Å². The molecule has 1 fully saturated rings. The highest BCUT2D eigenvalue weighted by atomic mass is 16.6. The first-order valence-corrected chi connectivity index (χ1v) is 9.12. The van der Waals surface area contributed by atoms with Crippen molar-refractivity contribution in [3.05, 3.63) is 42.4 Å². The Morgan fingerprint density at radius 3 is 2.85 bits per heavy atom. The van der Waals surface area contributed by atoms with E-state index in [1.54, 1.807) is 4.90 Å². The molecular weight excluding hydrogens is 330 g/mol. The van der Waals surface area contributed by atoms with Gasteiger partial charge in [0.15, 0.2) is 0 Å². The van der Waals surface area contributed by atoms with Gasteiger partial charge < -0.3 is 19.3 Å². The quantitative estimate of drug-likeness (QED) is 0.854. The number of hydrogen-bond donors (Lipinski definition) is 1. The molecule has 1 aromatic heterocycles. The predicted molar refractivity (Wildman–Crippen MR) is 97.7 cm³/mol. The average molecular weight is 355 g/mol. The molecule has 138 valence electrons. The lowest BCUT2D eigenvalue weighted by molar-refractivity contribution is -0.0158. The number of piperidine rings is 1. The second-order valence-corrected chi connectivity index (χ2v) is 8.16. The maximum absolute atomic E-state index is 12.5. The number of likely N-dealkylation sites (tertiary alicyclic amines) is 1. The Labute approximate surface area is 153 Å². The predicted octanol–water partition coefficient (Wildman–Crippen LogP) is 3.07. The van der Waals surface area contributed by atoms with Gasteiger partial charge in [0.1, 0.15) is 5.60 Å². The zero-order valence-corrected chi connectivity index (χ0v) is 15.4. The fourth-order valence-electron chi connectivity index (χ4n) is 4.08. The van der Waals surface area contributed by atoms with Crippen molar-refractivity contribution in [2.75, 3.05) is 13.1 Å². The highest BCUT2D eigenvalue weighted by molar-refractivity contribution is 5.70. The molecule has 1 aromatic carbocycles. The minimum absolute atomic E-state index is 0.0241. The van der Waals surface area contributed by atoms with Crippen LogP contribution in [0.5, 0.6) is 0 Å². The van der Waals surface area contributed by atoms with Crippen molar-refractivity contribution < 1.29 is 14.6 Å². The van der Waals surface area contributed by atoms with E-state index >= 15 is 0 Å². The molecule has 2 aliphatic heterocycles. The molecule has 4 rings (SSSR count). The van der Waals surface area contributed by atoms with Gasteiger partial charge in [0, 0.05) is 24.6 Å². The summed E-state index contributed by atoms with van der Waals surface area (Å²) in [5.41, 5.74) is 2.86. The van der Waals surface area contributed by atoms with Gasteiger partial charge >= 0.3 is 6.09 Å². The largest absolute Gasteiger partial charge is 0.444 e. The minimum Gasteiger partial charge on any atom is -0.444 e. The van der Waals surface area contributed by atoms with Crippen LogP contribution in [0.15, 0.2) is 36.8 Å². The summed E-state index contributed by atoms with van der Waals surface area (Å²) in [5, 5.41) is 10.7. The summed E-state index contributed by atoms with van der Waals surface area (Å²) in [4.78, 5) is 18.5. The van der Waals surface area contributed by atoms with Gasteiger partial charge in [-0.05, 0) is 32.8 Å². The zero-order valence-electron chi connectivity index (χ0n) is 15.4. The van der Waals surface area contributed by atoms with Crippen molar-refractivity contribution in [1.29, 1.82) is 0 Å². The third-order valence-electron chi connectivity index (χ3n) is 5.20. The number of nitrogens with zero attached hydrogens (tertiary/aromatic N) is 3. The molecule has 2 aromatic rings. The average Bonchev–Trinajstić information content (AvgIpc) is 3.14. The fraction of sp³-hybridized carbons (Fsp3) is 0.500. The molecule has 6 heteroatoms. The van der Waals surface area contributed by atoms with Crippen LogP contribution in [0, 0.1) is 5.92 Å². The van der Waals surface area contributed by atoms with Crippen molar-refractivity contribution >= 4 is 6.09 Å². The molecule has 2 aliphatic rings. The van der Waals surface area contributed by atoms with Crippen LogP contribution >= 0.6 is 0 Å². The number of benzene rings is 1. The number of fused-ring (bicyclic) bond motifs is 3. The molecule has 1 amide bonds. The SMILES string of the molecule is CC(C)(C)OC(=O)N1CC[C@H](O)[C@@H]([C@@H]2c3ccccc3-c3cncn32)C1. The number of aliphatic hydroxyl groups excluding tert-OH is 1. The number of rotatable bonds is 1. The Balaban J connectivity index is 1.64. The van der Waals surface area contributed by atoms with E-state index in [9.17, 15) is 9.90 Å². The number of imidazole rings is 1. The minimum atomic E-state index is -0.528. The van der Waals surface area contributed by atoms with Gasteiger partial charge in [-0.2, -0.15) is 0 Å². The Morgan fingerprint density at radius 2 is 2.08 bits per heavy atom. The summed E-state index contributed by atoms with van der Waals surface area (Å²) in [6.07, 6.45) is 3.44. The number of ether oxygens (including phenoxy) is 1. The van der Waals surface area contributed by atoms with Crippen LogP contribution < -0.4 is 0 Å². The smallest absolute Gasteiger partial charge is 0.410 e. The van der Waals surface area contributed by atoms with Crippen LogP contribution in [0.3, 0.4) is 0 Å². The molecule has 0 aliphatic carbocycles. The van der Waals surface area contributed by atoms with Crippen LogP contribution in [-0.2, 0) is 4.74 Å². The lowest BCUT2D eigenvalue weighted by atomic mass is 9.84. The summed E-state index contributed by atoms with van der Waals surface area (Å²) in [6, 6.07) is 8.20. The van der Waals surface area contributed by atoms with Crippen LogP contribution in [0.25, 0.3) is 11.3 Å². The molecular formula is C20H25N3O3. The van der Waals surface area contributed by atoms with E-state index < -0.39 is 11.7 Å². The van der Waals surface area contributed by atoms with Gasteiger partial charge in [-0.15, -0.1) is 0 Å². The summed E-state index contributed by atoms with van der Waals surface area (Å²) in [7, 11) is 0. The van der Waals surface area contributed by atoms with Crippen molar-refractivity contribution in [3.8, 4) is 11.3 Å². The Hall–Kier alpha value is -2.34. The van der Waals surface area contributed by atoms with E-state index in [1.165, 1.54) is 5.56 Å². The summed E-state index contributed by atoms with van der Waals surface area (Å²) >= 11 is 0. The van der Waals surface area contributed by atoms with Gasteiger partial charge in [-0.1, -0.05) is 24.3 Å². The highest BCUT2D eigenvalue weighted by Crippen LogP contribution is 2.45. The third-order valence-corrected chi connectivity index (χ3v) is 5.20. The van der Waals surface area contributed by atoms with Crippen molar-refractivity contribution in [1.82, 2.24) is 14.5 Å². The van der Waals surface area contributed by atoms with Crippen LogP contribution in [0.4, 0.5) is 4.79 Å². The number of aliphatic hydroxyl groups is 1. The lowest BCUT2D eigenvalue weighted by Gasteiger charge is -2.40. The molecule has 1 N–H and O–H groups in total. The van der Waals surface area contributed by atoms with Gasteiger partial charge in [-0.25, -0.2) is 9.78 Å². The Morgan fingerprint density at radius 1 is 1.31 bits per heavy atom. The van der Waals surface area contributed by atoms with E-state index in [4.69, 9.17) is 4.74 Å². The van der Waals surface area contributed by atoms with E-state index in [-0.39, 0.29) is 18.1 Å². The molecule has 0 radical (unpaired) electrons. The number of hydrogen-bond acceptors (Lipinski definition) is 4. The number of amides is 1. The van der Waals surface area contributed by atoms with Crippen LogP contribution in [0.1, 0.15) is 38.8 Å². The van der Waals surface area contributed by atoms with Crippen molar-refractivity contribution in [2.24, 2.45) is 5.92 Å². The Bertz CT molecular complexity index is 824. The van der Waals surface area contributed by atoms with E-state index in [1.807, 2.05) is 45.4 Å². The number of carbonyl (C=O) groups is 1. The van der Waals surface area contributed by atoms with Crippen molar-refractivity contribution in [3.63, 3.8) is 0 Å². The molecule has 3 heterocycles. The van der Waals surface area contributed by atoms with Crippen LogP contribution in [0.2, 0.25) is 0 Å². The topological polar surface area (TPSA) is 67.6 Å². The molecule has 26 heavy (non-hydrogen) atoms. The number of aromatic nitrogens is 2. The maximum Gasteiger partial charge on any atom is 0.410 e. The van der Waals surface area contributed by atoms with E-state index in [0.29, 0.717) is 19.5 Å². The summed E-state index contributed by atoms with van der Waals surface area (Å²) in [6.45, 7) is 6.58. The molecule has 0 saturated carbocycles. The Kier molecular flexibility index (Phi) is 4.03.